The van der Waals surface area contributed by atoms with Crippen LogP contribution >= 0.6 is 0 Å². The minimum Gasteiger partial charge on any atom is -0.345 e. The molecule has 0 bridgehead atoms. The summed E-state index contributed by atoms with van der Waals surface area (Å²) in [6, 6.07) is 7.64. The maximum atomic E-state index is 12.5. The number of H-pyrrole nitrogens is 1. The van der Waals surface area contributed by atoms with Crippen molar-refractivity contribution < 1.29 is 9.59 Å². The number of imidazole rings is 1. The Morgan fingerprint density at radius 2 is 2.04 bits per heavy atom. The van der Waals surface area contributed by atoms with E-state index in [-0.39, 0.29) is 23.7 Å². The molecule has 0 aliphatic carbocycles. The molecule has 132 valence electrons. The Bertz CT molecular complexity index is 732. The molecule has 1 aliphatic rings. The van der Waals surface area contributed by atoms with Crippen molar-refractivity contribution in [1.82, 2.24) is 14.9 Å². The highest BCUT2D eigenvalue weighted by atomic mass is 16.2. The minimum absolute atomic E-state index is 0.00900. The second-order valence-electron chi connectivity index (χ2n) is 6.76. The number of carbonyl (C=O) groups excluding carboxylic acids is 2. The van der Waals surface area contributed by atoms with Gasteiger partial charge in [0.15, 0.2) is 0 Å². The van der Waals surface area contributed by atoms with Gasteiger partial charge in [0.1, 0.15) is 5.82 Å². The van der Waals surface area contributed by atoms with Crippen LogP contribution in [-0.2, 0) is 9.59 Å². The number of rotatable bonds is 4. The van der Waals surface area contributed by atoms with Crippen LogP contribution < -0.4 is 5.32 Å². The van der Waals surface area contributed by atoms with E-state index in [1.807, 2.05) is 43.0 Å². The lowest BCUT2D eigenvalue weighted by molar-refractivity contribution is -0.137. The van der Waals surface area contributed by atoms with Gasteiger partial charge in [0.2, 0.25) is 11.8 Å². The number of amides is 2. The van der Waals surface area contributed by atoms with Gasteiger partial charge in [0.25, 0.3) is 0 Å². The van der Waals surface area contributed by atoms with Gasteiger partial charge in [-0.1, -0.05) is 26.0 Å². The van der Waals surface area contributed by atoms with Gasteiger partial charge in [0.05, 0.1) is 0 Å². The molecule has 0 unspecified atom stereocenters. The van der Waals surface area contributed by atoms with E-state index in [0.717, 1.165) is 17.1 Å². The summed E-state index contributed by atoms with van der Waals surface area (Å²) in [5, 5.41) is 3.00. The Labute approximate surface area is 147 Å². The first-order valence-corrected chi connectivity index (χ1v) is 8.74. The lowest BCUT2D eigenvalue weighted by Crippen LogP contribution is -2.43. The second-order valence-corrected chi connectivity index (χ2v) is 6.76. The summed E-state index contributed by atoms with van der Waals surface area (Å²) in [6.07, 6.45) is 4.89. The van der Waals surface area contributed by atoms with E-state index in [9.17, 15) is 9.59 Å². The predicted octanol–water partition coefficient (Wildman–Crippen LogP) is 2.91. The number of benzene rings is 1. The summed E-state index contributed by atoms with van der Waals surface area (Å²) in [5.74, 6) is 0.924. The number of hydrogen-bond acceptors (Lipinski definition) is 3. The molecule has 1 aliphatic heterocycles. The zero-order valence-electron chi connectivity index (χ0n) is 14.7. The van der Waals surface area contributed by atoms with Crippen molar-refractivity contribution in [2.45, 2.75) is 26.7 Å². The largest absolute Gasteiger partial charge is 0.345 e. The molecule has 2 aromatic rings. The summed E-state index contributed by atoms with van der Waals surface area (Å²) < 4.78 is 0. The Kier molecular flexibility index (Phi) is 5.16. The normalized spacial score (nSPS) is 15.4. The highest BCUT2D eigenvalue weighted by Gasteiger charge is 2.28. The average Bonchev–Trinajstić information content (AvgIpc) is 3.16. The number of carbonyl (C=O) groups is 2. The molecule has 2 amide bonds. The van der Waals surface area contributed by atoms with Crippen molar-refractivity contribution >= 4 is 17.5 Å². The molecule has 0 saturated carbocycles. The monoisotopic (exact) mass is 340 g/mol. The van der Waals surface area contributed by atoms with Gasteiger partial charge < -0.3 is 15.2 Å². The fraction of sp³-hybridized carbons (Fsp3) is 0.421. The van der Waals surface area contributed by atoms with Crippen LogP contribution in [0.25, 0.3) is 11.4 Å². The quantitative estimate of drug-likeness (QED) is 0.898. The number of aromatic nitrogens is 2. The van der Waals surface area contributed by atoms with E-state index < -0.39 is 0 Å². The van der Waals surface area contributed by atoms with E-state index in [1.54, 1.807) is 12.4 Å². The molecule has 1 fully saturated rings. The van der Waals surface area contributed by atoms with E-state index in [2.05, 4.69) is 15.3 Å². The Morgan fingerprint density at radius 3 is 2.68 bits per heavy atom. The van der Waals surface area contributed by atoms with E-state index >= 15 is 0 Å². The van der Waals surface area contributed by atoms with E-state index in [4.69, 9.17) is 0 Å². The van der Waals surface area contributed by atoms with Crippen molar-refractivity contribution in [1.29, 1.82) is 0 Å². The van der Waals surface area contributed by atoms with Crippen LogP contribution in [0, 0.1) is 11.8 Å². The van der Waals surface area contributed by atoms with Gasteiger partial charge in [-0.15, -0.1) is 0 Å². The Hall–Kier alpha value is -2.63. The lowest BCUT2D eigenvalue weighted by atomic mass is 9.95. The summed E-state index contributed by atoms with van der Waals surface area (Å²) in [4.78, 5) is 33.7. The average molecular weight is 340 g/mol. The molecule has 1 aromatic carbocycles. The van der Waals surface area contributed by atoms with E-state index in [1.165, 1.54) is 0 Å². The van der Waals surface area contributed by atoms with Gasteiger partial charge in [-0.05, 0) is 25.0 Å². The first-order valence-electron chi connectivity index (χ1n) is 8.74. The van der Waals surface area contributed by atoms with E-state index in [0.29, 0.717) is 25.9 Å². The Balaban J connectivity index is 1.58. The summed E-state index contributed by atoms with van der Waals surface area (Å²) in [6.45, 7) is 5.13. The number of hydrogen-bond donors (Lipinski definition) is 2. The molecule has 3 rings (SSSR count). The lowest BCUT2D eigenvalue weighted by Gasteiger charge is -2.32. The zero-order valence-corrected chi connectivity index (χ0v) is 14.7. The number of piperidine rings is 1. The van der Waals surface area contributed by atoms with Crippen LogP contribution in [0.1, 0.15) is 26.7 Å². The minimum atomic E-state index is -0.0523. The fourth-order valence-electron chi connectivity index (χ4n) is 3.14. The first-order chi connectivity index (χ1) is 12.0. The molecule has 2 heterocycles. The van der Waals surface area contributed by atoms with Crippen LogP contribution in [0.3, 0.4) is 0 Å². The SMILES string of the molecule is CC(C)C(=O)N1CCC(C(=O)Nc2cccc(-c3ncc[nH]3)c2)CC1. The highest BCUT2D eigenvalue weighted by molar-refractivity contribution is 5.93. The van der Waals surface area contributed by atoms with Crippen molar-refractivity contribution in [2.24, 2.45) is 11.8 Å². The molecule has 0 radical (unpaired) electrons. The molecule has 6 nitrogen and oxygen atoms in total. The van der Waals surface area contributed by atoms with Crippen molar-refractivity contribution in [3.8, 4) is 11.4 Å². The molecule has 0 atom stereocenters. The number of nitrogens with zero attached hydrogens (tertiary/aromatic N) is 2. The molecule has 2 N–H and O–H groups in total. The summed E-state index contributed by atoms with van der Waals surface area (Å²) >= 11 is 0. The predicted molar refractivity (Wildman–Crippen MR) is 96.8 cm³/mol. The maximum absolute atomic E-state index is 12.5. The van der Waals surface area contributed by atoms with Crippen LogP contribution in [0.4, 0.5) is 5.69 Å². The van der Waals surface area contributed by atoms with Crippen LogP contribution in [0.5, 0.6) is 0 Å². The van der Waals surface area contributed by atoms with Crippen LogP contribution in [0.15, 0.2) is 36.7 Å². The van der Waals surface area contributed by atoms with Crippen LogP contribution in [0.2, 0.25) is 0 Å². The van der Waals surface area contributed by atoms with Gasteiger partial charge in [-0.2, -0.15) is 0 Å². The topological polar surface area (TPSA) is 78.1 Å². The summed E-state index contributed by atoms with van der Waals surface area (Å²) in [5.41, 5.74) is 1.69. The van der Waals surface area contributed by atoms with Crippen molar-refractivity contribution in [3.05, 3.63) is 36.7 Å². The van der Waals surface area contributed by atoms with Gasteiger partial charge >= 0.3 is 0 Å². The highest BCUT2D eigenvalue weighted by Crippen LogP contribution is 2.23. The van der Waals surface area contributed by atoms with Gasteiger partial charge in [-0.3, -0.25) is 9.59 Å². The van der Waals surface area contributed by atoms with Crippen molar-refractivity contribution in [3.63, 3.8) is 0 Å². The molecule has 25 heavy (non-hydrogen) atoms. The maximum Gasteiger partial charge on any atom is 0.227 e. The van der Waals surface area contributed by atoms with Crippen LogP contribution in [-0.4, -0.2) is 39.8 Å². The number of anilines is 1. The second kappa shape index (κ2) is 7.51. The molecule has 1 saturated heterocycles. The third-order valence-electron chi connectivity index (χ3n) is 4.57. The molecule has 0 spiro atoms. The number of aromatic amines is 1. The van der Waals surface area contributed by atoms with Gasteiger partial charge in [-0.25, -0.2) is 4.98 Å². The smallest absolute Gasteiger partial charge is 0.227 e. The zero-order chi connectivity index (χ0) is 17.8. The molecular weight excluding hydrogens is 316 g/mol. The first kappa shape index (κ1) is 17.2. The molecule has 1 aromatic heterocycles. The van der Waals surface area contributed by atoms with Crippen molar-refractivity contribution in [2.75, 3.05) is 18.4 Å². The third kappa shape index (κ3) is 4.07. The third-order valence-corrected chi connectivity index (χ3v) is 4.57. The Morgan fingerprint density at radius 1 is 1.28 bits per heavy atom. The number of nitrogens with one attached hydrogen (secondary N) is 2. The summed E-state index contributed by atoms with van der Waals surface area (Å²) in [7, 11) is 0. The molecular formula is C19H24N4O2. The molecule has 6 heteroatoms. The van der Waals surface area contributed by atoms with Gasteiger partial charge in [0, 0.05) is 48.6 Å². The number of likely N-dealkylation sites (tertiary alicyclic amines) is 1. The fourth-order valence-corrected chi connectivity index (χ4v) is 3.14. The standard InChI is InChI=1S/C19H24N4O2/c1-13(2)19(25)23-10-6-14(7-11-23)18(24)22-16-5-3-4-15(12-16)17-20-8-9-21-17/h3-5,8-9,12-14H,6-7,10-11H2,1-2H3,(H,20,21)(H,22,24).